The van der Waals surface area contributed by atoms with Gasteiger partial charge in [-0.2, -0.15) is 13.2 Å². The number of phenolic OH excluding ortho intramolecular Hbond substituents is 1. The highest BCUT2D eigenvalue weighted by Crippen LogP contribution is 2.25. The number of benzene rings is 3. The molecule has 0 aromatic heterocycles. The molecule has 1 atom stereocenters. The summed E-state index contributed by atoms with van der Waals surface area (Å²) in [6.45, 7) is -0.703. The Kier molecular flexibility index (Phi) is 17.6. The number of aliphatic carboxylic acids is 1. The predicted octanol–water partition coefficient (Wildman–Crippen LogP) is 2.44. The average Bonchev–Trinajstić information content (AvgIpc) is 3.11. The van der Waals surface area contributed by atoms with Gasteiger partial charge < -0.3 is 37.2 Å². The minimum atomic E-state index is -5.08. The molecule has 14 nitrogen and oxygen atoms in total. The van der Waals surface area contributed by atoms with E-state index in [0.29, 0.717) is 6.42 Å². The number of nitrogens with zero attached hydrogens (tertiary/aromatic N) is 1. The van der Waals surface area contributed by atoms with Crippen LogP contribution in [0.15, 0.2) is 89.9 Å². The van der Waals surface area contributed by atoms with E-state index in [4.69, 9.17) is 15.6 Å². The third kappa shape index (κ3) is 16.0. The Labute approximate surface area is 295 Å². The Morgan fingerprint density at radius 3 is 1.85 bits per heavy atom. The summed E-state index contributed by atoms with van der Waals surface area (Å²) in [6, 6.07) is 23.4. The van der Waals surface area contributed by atoms with Gasteiger partial charge in [-0.15, -0.1) is 0 Å². The Morgan fingerprint density at radius 1 is 0.788 bits per heavy atom. The number of carbonyl (C=O) groups excluding carboxylic acids is 4. The fraction of sp³-hybridized carbons (Fsp3) is 0.294. The zero-order valence-corrected chi connectivity index (χ0v) is 27.7. The second kappa shape index (κ2) is 21.8. The Balaban J connectivity index is 0.00000121. The number of hydrogen-bond donors (Lipinski definition) is 8. The summed E-state index contributed by atoms with van der Waals surface area (Å²) >= 11 is 0. The molecule has 3 aromatic carbocycles. The fourth-order valence-corrected chi connectivity index (χ4v) is 4.36. The van der Waals surface area contributed by atoms with Gasteiger partial charge in [-0.05, 0) is 41.7 Å². The molecule has 0 fully saturated rings. The molecule has 0 saturated heterocycles. The van der Waals surface area contributed by atoms with Crippen LogP contribution in [0, 0.1) is 0 Å². The first-order valence-corrected chi connectivity index (χ1v) is 15.6. The van der Waals surface area contributed by atoms with Crippen LogP contribution in [0.25, 0.3) is 0 Å². The number of rotatable bonds is 15. The second-order valence-corrected chi connectivity index (χ2v) is 10.8. The number of hydrogen-bond acceptors (Lipinski definition) is 7. The highest BCUT2D eigenvalue weighted by atomic mass is 19.4. The van der Waals surface area contributed by atoms with Crippen molar-refractivity contribution in [3.63, 3.8) is 0 Å². The van der Waals surface area contributed by atoms with Gasteiger partial charge in [0.1, 0.15) is 11.8 Å². The van der Waals surface area contributed by atoms with Gasteiger partial charge in [0, 0.05) is 26.2 Å². The van der Waals surface area contributed by atoms with E-state index in [-0.39, 0.29) is 50.2 Å². The van der Waals surface area contributed by atoms with Crippen molar-refractivity contribution in [3.05, 3.63) is 102 Å². The molecule has 0 heterocycles. The first kappa shape index (κ1) is 42.0. The van der Waals surface area contributed by atoms with E-state index in [1.807, 2.05) is 60.7 Å². The van der Waals surface area contributed by atoms with E-state index in [2.05, 4.69) is 31.6 Å². The van der Waals surface area contributed by atoms with Crippen LogP contribution in [0.2, 0.25) is 0 Å². The molecule has 0 aliphatic rings. The van der Waals surface area contributed by atoms with Gasteiger partial charge in [0.05, 0.1) is 5.92 Å². The summed E-state index contributed by atoms with van der Waals surface area (Å²) < 4.78 is 43.9. The van der Waals surface area contributed by atoms with E-state index in [1.165, 1.54) is 12.1 Å². The van der Waals surface area contributed by atoms with Crippen molar-refractivity contribution >= 4 is 35.7 Å². The maximum atomic E-state index is 13.7. The summed E-state index contributed by atoms with van der Waals surface area (Å²) in [5.41, 5.74) is 8.11. The van der Waals surface area contributed by atoms with E-state index in [0.717, 1.165) is 16.7 Å². The third-order valence-corrected chi connectivity index (χ3v) is 6.84. The zero-order valence-electron chi connectivity index (χ0n) is 27.7. The lowest BCUT2D eigenvalue weighted by Gasteiger charge is -2.23. The smallest absolute Gasteiger partial charge is 0.490 e. The van der Waals surface area contributed by atoms with Crippen LogP contribution in [0.3, 0.4) is 0 Å². The van der Waals surface area contributed by atoms with Gasteiger partial charge in [0.2, 0.25) is 11.8 Å². The van der Waals surface area contributed by atoms with E-state index < -0.39 is 48.6 Å². The van der Waals surface area contributed by atoms with Gasteiger partial charge in [0.25, 0.3) is 5.91 Å². The second-order valence-electron chi connectivity index (χ2n) is 10.8. The molecule has 18 heteroatoms. The molecule has 52 heavy (non-hydrogen) atoms. The lowest BCUT2D eigenvalue weighted by Crippen LogP contribution is -2.48. The fourth-order valence-electron chi connectivity index (χ4n) is 4.36. The topological polar surface area (TPSA) is 224 Å². The van der Waals surface area contributed by atoms with Crippen LogP contribution in [0.4, 0.5) is 22.4 Å². The first-order chi connectivity index (χ1) is 24.7. The Bertz CT molecular complexity index is 1590. The van der Waals surface area contributed by atoms with Gasteiger partial charge in [-0.1, -0.05) is 72.8 Å². The molecule has 5 amide bonds. The predicted molar refractivity (Wildman–Crippen MR) is 182 cm³/mol. The number of halogens is 4. The molecule has 0 aliphatic carbocycles. The van der Waals surface area contributed by atoms with Gasteiger partial charge in [-0.25, -0.2) is 14.0 Å². The van der Waals surface area contributed by atoms with Gasteiger partial charge in [0.15, 0.2) is 12.6 Å². The van der Waals surface area contributed by atoms with Crippen molar-refractivity contribution in [1.29, 1.82) is 0 Å². The third-order valence-electron chi connectivity index (χ3n) is 6.84. The first-order valence-electron chi connectivity index (χ1n) is 15.6. The number of alkyl halides is 4. The molecular formula is C34H39F4N7O7. The highest BCUT2D eigenvalue weighted by molar-refractivity contribution is 5.95. The molecule has 0 unspecified atom stereocenters. The molecule has 9 N–H and O–H groups in total. The molecule has 0 radical (unpaired) electrons. The number of guanidine groups is 1. The maximum absolute atomic E-state index is 13.7. The largest absolute Gasteiger partial charge is 0.508 e. The summed E-state index contributed by atoms with van der Waals surface area (Å²) in [6.07, 6.45) is -4.52. The molecule has 0 spiro atoms. The van der Waals surface area contributed by atoms with Crippen LogP contribution in [0.5, 0.6) is 5.75 Å². The lowest BCUT2D eigenvalue weighted by molar-refractivity contribution is -0.192. The maximum Gasteiger partial charge on any atom is 0.490 e. The number of amides is 5. The van der Waals surface area contributed by atoms with Crippen LogP contribution >= 0.6 is 0 Å². The standard InChI is InChI=1S/C32H38FN7O5.C2HF3O2/c33-20-27(42)35-18-19-37-32(45)40-31(34)36-17-7-12-26(29(43)38-21-22-13-15-25(41)16-14-22)39-30(44)28(23-8-3-1-4-9-23)24-10-5-2-6-11-24;3-2(4,5)1(6)7/h1-6,8-11,13-16,26,28,41H,7,12,17-21H2,(H,35,42)(H,38,43)(H,39,44)(H4,34,36,37,40,45);(H,6,7)/t26-;/m1./s1. The molecular weight excluding hydrogens is 694 g/mol. The van der Waals surface area contributed by atoms with Crippen molar-refractivity contribution in [1.82, 2.24) is 26.6 Å². The van der Waals surface area contributed by atoms with Crippen molar-refractivity contribution in [2.24, 2.45) is 10.7 Å². The van der Waals surface area contributed by atoms with Crippen molar-refractivity contribution in [2.75, 3.05) is 26.3 Å². The summed E-state index contributed by atoms with van der Waals surface area (Å²) in [5, 5.41) is 29.5. The Morgan fingerprint density at radius 2 is 1.33 bits per heavy atom. The molecule has 280 valence electrons. The summed E-state index contributed by atoms with van der Waals surface area (Å²) in [5.74, 6) is -4.99. The minimum absolute atomic E-state index is 0.0462. The zero-order chi connectivity index (χ0) is 38.5. The summed E-state index contributed by atoms with van der Waals surface area (Å²) in [7, 11) is 0. The number of carbonyl (C=O) groups is 5. The number of carboxylic acids is 1. The van der Waals surface area contributed by atoms with E-state index in [1.54, 1.807) is 12.1 Å². The van der Waals surface area contributed by atoms with E-state index in [9.17, 15) is 41.8 Å². The number of urea groups is 1. The lowest BCUT2D eigenvalue weighted by atomic mass is 9.90. The SMILES string of the molecule is NC(=NCCC[C@@H](NC(=O)C(c1ccccc1)c1ccccc1)C(=O)NCc1ccc(O)cc1)NC(=O)NCCNC(=O)CF.O=C(O)C(F)(F)F. The van der Waals surface area contributed by atoms with Crippen molar-refractivity contribution < 1.29 is 51.7 Å². The number of nitrogens with one attached hydrogen (secondary N) is 5. The van der Waals surface area contributed by atoms with Crippen LogP contribution in [0.1, 0.15) is 35.4 Å². The van der Waals surface area contributed by atoms with Gasteiger partial charge >= 0.3 is 18.2 Å². The molecule has 3 rings (SSSR count). The molecule has 0 bridgehead atoms. The number of nitrogens with two attached hydrogens (primary N) is 1. The quantitative estimate of drug-likeness (QED) is 0.0500. The number of aliphatic imine (C=N–C) groups is 1. The molecule has 3 aromatic rings. The minimum Gasteiger partial charge on any atom is -0.508 e. The molecule has 0 saturated carbocycles. The number of phenols is 1. The van der Waals surface area contributed by atoms with Crippen molar-refractivity contribution in [2.45, 2.75) is 37.5 Å². The number of aromatic hydroxyl groups is 1. The highest BCUT2D eigenvalue weighted by Gasteiger charge is 2.38. The van der Waals surface area contributed by atoms with Gasteiger partial charge in [-0.3, -0.25) is 24.7 Å². The van der Waals surface area contributed by atoms with Crippen LogP contribution in [-0.4, -0.2) is 84.4 Å². The summed E-state index contributed by atoms with van der Waals surface area (Å²) in [4.78, 5) is 62.9. The van der Waals surface area contributed by atoms with E-state index >= 15 is 0 Å². The van der Waals surface area contributed by atoms with Crippen molar-refractivity contribution in [3.8, 4) is 5.75 Å². The molecule has 0 aliphatic heterocycles. The normalized spacial score (nSPS) is 11.7. The monoisotopic (exact) mass is 733 g/mol. The van der Waals surface area contributed by atoms with Crippen LogP contribution in [-0.2, 0) is 25.7 Å². The number of carboxylic acid groups (broad SMARTS) is 1. The van der Waals surface area contributed by atoms with Crippen LogP contribution < -0.4 is 32.3 Å². The average molecular weight is 734 g/mol. The Hall–Kier alpha value is -6.20.